The van der Waals surface area contributed by atoms with E-state index < -0.39 is 5.69 Å². The van der Waals surface area contributed by atoms with Crippen molar-refractivity contribution < 1.29 is 4.74 Å². The van der Waals surface area contributed by atoms with Gasteiger partial charge in [0.2, 0.25) is 5.65 Å². The largest absolute Gasteiger partial charge is 0.453 e. The molecule has 0 N–H and O–H groups in total. The molecule has 5 rings (SSSR count). The van der Waals surface area contributed by atoms with Crippen LogP contribution in [0.3, 0.4) is 0 Å². The van der Waals surface area contributed by atoms with Crippen LogP contribution in [0, 0.1) is 11.3 Å². The van der Waals surface area contributed by atoms with E-state index in [9.17, 15) is 4.79 Å². The van der Waals surface area contributed by atoms with Gasteiger partial charge in [0.05, 0.1) is 36.3 Å². The number of rotatable bonds is 5. The second-order valence-corrected chi connectivity index (χ2v) is 7.44. The smallest absolute Gasteiger partial charge is 0.367 e. The number of halogens is 1. The van der Waals surface area contributed by atoms with Crippen LogP contribution in [0.4, 0.5) is 0 Å². The molecule has 0 amide bonds. The van der Waals surface area contributed by atoms with E-state index in [0.29, 0.717) is 33.3 Å². The zero-order valence-corrected chi connectivity index (χ0v) is 17.7. The van der Waals surface area contributed by atoms with Gasteiger partial charge in [-0.3, -0.25) is 9.97 Å². The van der Waals surface area contributed by atoms with E-state index in [-0.39, 0.29) is 12.2 Å². The first-order valence-corrected chi connectivity index (χ1v) is 10.2. The minimum absolute atomic E-state index is 0.128. The van der Waals surface area contributed by atoms with Crippen molar-refractivity contribution in [3.05, 3.63) is 100 Å². The van der Waals surface area contributed by atoms with E-state index in [4.69, 9.17) is 21.6 Å². The van der Waals surface area contributed by atoms with Crippen molar-refractivity contribution in [3.8, 4) is 28.7 Å². The van der Waals surface area contributed by atoms with Crippen molar-refractivity contribution in [3.63, 3.8) is 0 Å². The molecule has 10 heteroatoms. The quantitative estimate of drug-likeness (QED) is 0.397. The molecule has 0 atom stereocenters. The molecule has 2 aromatic carbocycles. The lowest BCUT2D eigenvalue weighted by atomic mass is 10.1. The lowest BCUT2D eigenvalue weighted by molar-refractivity contribution is 0.484. The van der Waals surface area contributed by atoms with Crippen molar-refractivity contribution in [1.29, 1.82) is 5.26 Å². The molecule has 33 heavy (non-hydrogen) atoms. The van der Waals surface area contributed by atoms with Crippen LogP contribution in [0.15, 0.2) is 78.1 Å². The highest BCUT2D eigenvalue weighted by atomic mass is 35.5. The van der Waals surface area contributed by atoms with Gasteiger partial charge < -0.3 is 4.74 Å². The molecular formula is C23H14ClN7O2. The fraction of sp³-hybridized carbons (Fsp3) is 0.0435. The summed E-state index contributed by atoms with van der Waals surface area (Å²) in [6.07, 6.45) is 6.22. The van der Waals surface area contributed by atoms with Crippen LogP contribution in [0.2, 0.25) is 5.02 Å². The molecule has 160 valence electrons. The number of hydrogen-bond acceptors (Lipinski definition) is 7. The van der Waals surface area contributed by atoms with Gasteiger partial charge in [0, 0.05) is 23.0 Å². The Balaban J connectivity index is 1.67. The van der Waals surface area contributed by atoms with Crippen LogP contribution in [-0.2, 0) is 6.54 Å². The molecule has 0 spiro atoms. The van der Waals surface area contributed by atoms with E-state index in [1.165, 1.54) is 9.20 Å². The fourth-order valence-corrected chi connectivity index (χ4v) is 3.38. The normalized spacial score (nSPS) is 10.8. The number of ether oxygens (including phenoxy) is 1. The number of aromatic nitrogens is 6. The Bertz CT molecular complexity index is 1540. The summed E-state index contributed by atoms with van der Waals surface area (Å²) in [4.78, 5) is 21.2. The molecule has 0 aliphatic carbocycles. The Labute approximate surface area is 192 Å². The summed E-state index contributed by atoms with van der Waals surface area (Å²) in [5, 5.41) is 18.4. The van der Waals surface area contributed by atoms with Gasteiger partial charge in [-0.25, -0.2) is 9.48 Å². The van der Waals surface area contributed by atoms with Crippen LogP contribution in [-0.4, -0.2) is 29.4 Å². The van der Waals surface area contributed by atoms with Crippen LogP contribution in [0.5, 0.6) is 11.5 Å². The minimum atomic E-state index is -0.442. The van der Waals surface area contributed by atoms with Gasteiger partial charge in [-0.2, -0.15) is 14.9 Å². The first-order chi connectivity index (χ1) is 16.1. The van der Waals surface area contributed by atoms with Crippen molar-refractivity contribution in [2.24, 2.45) is 0 Å². The van der Waals surface area contributed by atoms with E-state index >= 15 is 0 Å². The van der Waals surface area contributed by atoms with Crippen LogP contribution < -0.4 is 10.4 Å². The van der Waals surface area contributed by atoms with Crippen LogP contribution in [0.25, 0.3) is 16.8 Å². The van der Waals surface area contributed by atoms with Gasteiger partial charge in [0.1, 0.15) is 5.75 Å². The van der Waals surface area contributed by atoms with Gasteiger partial charge in [-0.15, -0.1) is 5.10 Å². The van der Waals surface area contributed by atoms with Crippen molar-refractivity contribution in [2.45, 2.75) is 6.54 Å². The van der Waals surface area contributed by atoms with Gasteiger partial charge in [0.15, 0.2) is 5.75 Å². The predicted molar refractivity (Wildman–Crippen MR) is 120 cm³/mol. The van der Waals surface area contributed by atoms with E-state index in [2.05, 4.69) is 26.2 Å². The molecular weight excluding hydrogens is 442 g/mol. The molecule has 5 aromatic rings. The Morgan fingerprint density at radius 3 is 2.52 bits per heavy atom. The Morgan fingerprint density at radius 1 is 1.03 bits per heavy atom. The van der Waals surface area contributed by atoms with Crippen LogP contribution in [0.1, 0.15) is 11.3 Å². The first-order valence-electron chi connectivity index (χ1n) is 9.80. The summed E-state index contributed by atoms with van der Waals surface area (Å²) < 4.78 is 8.61. The van der Waals surface area contributed by atoms with Crippen molar-refractivity contribution in [1.82, 2.24) is 29.4 Å². The highest BCUT2D eigenvalue weighted by molar-refractivity contribution is 6.30. The summed E-state index contributed by atoms with van der Waals surface area (Å²) in [7, 11) is 0. The molecule has 0 aliphatic rings. The average Bonchev–Trinajstić information content (AvgIpc) is 3.16. The minimum Gasteiger partial charge on any atom is -0.453 e. The fourth-order valence-electron chi connectivity index (χ4n) is 3.26. The van der Waals surface area contributed by atoms with E-state index in [0.717, 1.165) is 5.56 Å². The Hall–Kier alpha value is -4.55. The van der Waals surface area contributed by atoms with Gasteiger partial charge >= 0.3 is 5.69 Å². The zero-order valence-electron chi connectivity index (χ0n) is 17.0. The second-order valence-electron chi connectivity index (χ2n) is 7.00. The van der Waals surface area contributed by atoms with E-state index in [1.807, 2.05) is 12.1 Å². The second kappa shape index (κ2) is 8.53. The summed E-state index contributed by atoms with van der Waals surface area (Å²) in [6, 6.07) is 15.9. The lowest BCUT2D eigenvalue weighted by Crippen LogP contribution is -2.23. The molecule has 0 aliphatic heterocycles. The summed E-state index contributed by atoms with van der Waals surface area (Å²) in [6.45, 7) is 0.128. The molecule has 9 nitrogen and oxygen atoms in total. The summed E-state index contributed by atoms with van der Waals surface area (Å²) >= 11 is 6.05. The Kier molecular flexibility index (Phi) is 5.26. The maximum Gasteiger partial charge on any atom is 0.367 e. The molecule has 0 radical (unpaired) electrons. The first kappa shape index (κ1) is 20.4. The molecule has 0 bridgehead atoms. The predicted octanol–water partition coefficient (Wildman–Crippen LogP) is 3.71. The van der Waals surface area contributed by atoms with Crippen LogP contribution >= 0.6 is 11.6 Å². The van der Waals surface area contributed by atoms with Crippen molar-refractivity contribution in [2.75, 3.05) is 0 Å². The van der Waals surface area contributed by atoms with Gasteiger partial charge in [-0.1, -0.05) is 23.7 Å². The highest BCUT2D eigenvalue weighted by Crippen LogP contribution is 2.35. The summed E-state index contributed by atoms with van der Waals surface area (Å²) in [5.74, 6) is 0.820. The standard InChI is InChI=1S/C23H14ClN7O2/c24-17-5-3-16(4-6-17)20-13-28-31-22(21(20)33-19-7-1-15(11-25)2-8-19)29-30(23(31)32)14-18-12-26-9-10-27-18/h1-10,12-13H,14H2. The monoisotopic (exact) mass is 455 g/mol. The van der Waals surface area contributed by atoms with Gasteiger partial charge in [0.25, 0.3) is 0 Å². The molecule has 0 fully saturated rings. The molecule has 3 aromatic heterocycles. The topological polar surface area (TPSA) is 111 Å². The number of hydrogen-bond donors (Lipinski definition) is 0. The molecule has 0 saturated carbocycles. The SMILES string of the molecule is N#Cc1ccc(Oc2c(-c3ccc(Cl)cc3)cnn3c(=O)n(Cc4cnccn4)nc23)cc1. The summed E-state index contributed by atoms with van der Waals surface area (Å²) in [5.41, 5.74) is 2.29. The maximum atomic E-state index is 13.0. The zero-order chi connectivity index (χ0) is 22.8. The number of benzene rings is 2. The molecule has 0 unspecified atom stereocenters. The van der Waals surface area contributed by atoms with Crippen molar-refractivity contribution >= 4 is 17.2 Å². The lowest BCUT2D eigenvalue weighted by Gasteiger charge is -2.11. The number of nitrogens with zero attached hydrogens (tertiary/aromatic N) is 7. The van der Waals surface area contributed by atoms with Gasteiger partial charge in [-0.05, 0) is 42.0 Å². The average molecular weight is 456 g/mol. The van der Waals surface area contributed by atoms with E-state index in [1.54, 1.807) is 61.2 Å². The maximum absolute atomic E-state index is 13.0. The number of nitriles is 1. The third-order valence-electron chi connectivity index (χ3n) is 4.86. The third kappa shape index (κ3) is 4.03. The third-order valence-corrected chi connectivity index (χ3v) is 5.11. The molecule has 3 heterocycles. The highest BCUT2D eigenvalue weighted by Gasteiger charge is 2.19. The molecule has 0 saturated heterocycles. The Morgan fingerprint density at radius 2 is 1.82 bits per heavy atom. The number of fused-ring (bicyclic) bond motifs is 1.